The van der Waals surface area contributed by atoms with Gasteiger partial charge in [-0.05, 0) is 24.3 Å². The van der Waals surface area contributed by atoms with E-state index in [1.165, 1.54) is 6.92 Å². The Morgan fingerprint density at radius 1 is 1.04 bits per heavy atom. The second kappa shape index (κ2) is 12.1. The molecule has 0 saturated carbocycles. The Hall–Kier alpha value is -2.37. The summed E-state index contributed by atoms with van der Waals surface area (Å²) in [6, 6.07) is 7.97. The Labute approximate surface area is 162 Å². The Kier molecular flexibility index (Phi) is 10.2. The van der Waals surface area contributed by atoms with Crippen molar-refractivity contribution in [3.8, 4) is 0 Å². The summed E-state index contributed by atoms with van der Waals surface area (Å²) in [7, 11) is 0. The van der Waals surface area contributed by atoms with Gasteiger partial charge in [0.15, 0.2) is 0 Å². The summed E-state index contributed by atoms with van der Waals surface area (Å²) in [6.07, 6.45) is 2.55. The first-order valence-electron chi connectivity index (χ1n) is 9.61. The fourth-order valence-electron chi connectivity index (χ4n) is 2.68. The van der Waals surface area contributed by atoms with E-state index >= 15 is 0 Å². The maximum Gasteiger partial charge on any atom is 0.328 e. The first-order chi connectivity index (χ1) is 12.8. The fourth-order valence-corrected chi connectivity index (χ4v) is 2.68. The summed E-state index contributed by atoms with van der Waals surface area (Å²) in [6.45, 7) is 7.69. The van der Waals surface area contributed by atoms with Gasteiger partial charge in [-0.3, -0.25) is 9.59 Å². The lowest BCUT2D eigenvalue weighted by atomic mass is 10.0. The van der Waals surface area contributed by atoms with Crippen molar-refractivity contribution in [1.82, 2.24) is 10.6 Å². The van der Waals surface area contributed by atoms with Gasteiger partial charge in [0.1, 0.15) is 12.1 Å². The highest BCUT2D eigenvalue weighted by atomic mass is 16.5. The fraction of sp³-hybridized carbons (Fsp3) is 0.571. The zero-order chi connectivity index (χ0) is 20.2. The molecule has 1 rings (SSSR count). The molecule has 2 atom stereocenters. The first kappa shape index (κ1) is 22.7. The number of nitrogens with one attached hydrogen (secondary N) is 2. The largest absolute Gasteiger partial charge is 0.464 e. The van der Waals surface area contributed by atoms with Crippen LogP contribution < -0.4 is 10.6 Å². The molecule has 0 aromatic heterocycles. The van der Waals surface area contributed by atoms with Gasteiger partial charge in [-0.2, -0.15) is 0 Å². The minimum Gasteiger partial charge on any atom is -0.464 e. The lowest BCUT2D eigenvalue weighted by Gasteiger charge is -2.23. The summed E-state index contributed by atoms with van der Waals surface area (Å²) in [5, 5.41) is 5.45. The molecule has 0 fully saturated rings. The normalized spacial score (nSPS) is 12.9. The predicted molar refractivity (Wildman–Crippen MR) is 105 cm³/mol. The SMILES string of the molecule is CCCCOC(=O)[C@H](CC(C)C)NC(=O)[C@H](Cc1ccccc1)NC(C)=O. The summed E-state index contributed by atoms with van der Waals surface area (Å²) < 4.78 is 5.28. The molecule has 6 heteroatoms. The van der Waals surface area contributed by atoms with Gasteiger partial charge in [0.05, 0.1) is 6.61 Å². The van der Waals surface area contributed by atoms with Crippen molar-refractivity contribution in [1.29, 1.82) is 0 Å². The van der Waals surface area contributed by atoms with Crippen LogP contribution in [0.1, 0.15) is 52.5 Å². The van der Waals surface area contributed by atoms with Crippen molar-refractivity contribution < 1.29 is 19.1 Å². The van der Waals surface area contributed by atoms with Crippen LogP contribution in [0, 0.1) is 5.92 Å². The van der Waals surface area contributed by atoms with Gasteiger partial charge in [-0.1, -0.05) is 57.5 Å². The highest BCUT2D eigenvalue weighted by molar-refractivity contribution is 5.90. The number of esters is 1. The molecule has 0 heterocycles. The van der Waals surface area contributed by atoms with Gasteiger partial charge >= 0.3 is 5.97 Å². The molecule has 1 aromatic carbocycles. The number of amides is 2. The molecule has 6 nitrogen and oxygen atoms in total. The predicted octanol–water partition coefficient (Wildman–Crippen LogP) is 2.61. The summed E-state index contributed by atoms with van der Waals surface area (Å²) in [5.41, 5.74) is 0.928. The molecule has 2 amide bonds. The molecule has 150 valence electrons. The van der Waals surface area contributed by atoms with Crippen LogP contribution in [0.4, 0.5) is 0 Å². The molecule has 0 aliphatic carbocycles. The van der Waals surface area contributed by atoms with E-state index in [-0.39, 0.29) is 17.7 Å². The Bertz CT molecular complexity index is 601. The van der Waals surface area contributed by atoms with Gasteiger partial charge in [0, 0.05) is 13.3 Å². The second-order valence-electron chi connectivity index (χ2n) is 7.15. The summed E-state index contributed by atoms with van der Waals surface area (Å²) >= 11 is 0. The third kappa shape index (κ3) is 9.22. The number of carbonyl (C=O) groups excluding carboxylic acids is 3. The number of unbranched alkanes of at least 4 members (excludes halogenated alkanes) is 1. The number of benzene rings is 1. The minimum atomic E-state index is -0.747. The minimum absolute atomic E-state index is 0.211. The average molecular weight is 376 g/mol. The van der Waals surface area contributed by atoms with Crippen molar-refractivity contribution >= 4 is 17.8 Å². The van der Waals surface area contributed by atoms with E-state index in [1.807, 2.05) is 51.1 Å². The number of ether oxygens (including phenoxy) is 1. The van der Waals surface area contributed by atoms with Crippen LogP contribution in [0.25, 0.3) is 0 Å². The molecular weight excluding hydrogens is 344 g/mol. The molecule has 1 aromatic rings. The van der Waals surface area contributed by atoms with Gasteiger partial charge in [-0.15, -0.1) is 0 Å². The van der Waals surface area contributed by atoms with E-state index in [4.69, 9.17) is 4.74 Å². The average Bonchev–Trinajstić information content (AvgIpc) is 2.60. The molecule has 0 unspecified atom stereocenters. The molecule has 0 saturated heterocycles. The van der Waals surface area contributed by atoms with Gasteiger partial charge < -0.3 is 15.4 Å². The Balaban J connectivity index is 2.82. The van der Waals surface area contributed by atoms with E-state index < -0.39 is 18.1 Å². The van der Waals surface area contributed by atoms with Gasteiger partial charge in [-0.25, -0.2) is 4.79 Å². The van der Waals surface area contributed by atoms with E-state index in [9.17, 15) is 14.4 Å². The second-order valence-corrected chi connectivity index (χ2v) is 7.15. The molecule has 27 heavy (non-hydrogen) atoms. The number of hydrogen-bond donors (Lipinski definition) is 2. The van der Waals surface area contributed by atoms with Crippen LogP contribution in [0.2, 0.25) is 0 Å². The first-order valence-corrected chi connectivity index (χ1v) is 9.61. The van der Waals surface area contributed by atoms with E-state index in [0.717, 1.165) is 18.4 Å². The van der Waals surface area contributed by atoms with Crippen LogP contribution >= 0.6 is 0 Å². The molecule has 0 radical (unpaired) electrons. The monoisotopic (exact) mass is 376 g/mol. The Morgan fingerprint density at radius 3 is 2.26 bits per heavy atom. The maximum atomic E-state index is 12.8. The van der Waals surface area contributed by atoms with Crippen LogP contribution in [-0.2, 0) is 25.5 Å². The van der Waals surface area contributed by atoms with Gasteiger partial charge in [0.2, 0.25) is 11.8 Å². The van der Waals surface area contributed by atoms with Crippen molar-refractivity contribution in [3.63, 3.8) is 0 Å². The van der Waals surface area contributed by atoms with E-state index in [2.05, 4.69) is 10.6 Å². The molecule has 0 aliphatic heterocycles. The van der Waals surface area contributed by atoms with Crippen LogP contribution in [0.15, 0.2) is 30.3 Å². The quantitative estimate of drug-likeness (QED) is 0.459. The lowest BCUT2D eigenvalue weighted by Crippen LogP contribution is -2.52. The molecule has 0 bridgehead atoms. The topological polar surface area (TPSA) is 84.5 Å². The van der Waals surface area contributed by atoms with Crippen molar-refractivity contribution in [2.45, 2.75) is 65.5 Å². The van der Waals surface area contributed by atoms with Crippen LogP contribution in [-0.4, -0.2) is 36.5 Å². The third-order valence-corrected chi connectivity index (χ3v) is 4.03. The standard InChI is InChI=1S/C21H32N2O4/c1-5-6-12-27-21(26)19(13-15(2)3)23-20(25)18(22-16(4)24)14-17-10-8-7-9-11-17/h7-11,15,18-19H,5-6,12-14H2,1-4H3,(H,22,24)(H,23,25)/t18-,19-/m0/s1. The van der Waals surface area contributed by atoms with E-state index in [0.29, 0.717) is 19.4 Å². The van der Waals surface area contributed by atoms with Crippen molar-refractivity contribution in [2.24, 2.45) is 5.92 Å². The number of hydrogen-bond acceptors (Lipinski definition) is 4. The Morgan fingerprint density at radius 2 is 1.70 bits per heavy atom. The highest BCUT2D eigenvalue weighted by Crippen LogP contribution is 2.09. The maximum absolute atomic E-state index is 12.8. The zero-order valence-corrected chi connectivity index (χ0v) is 16.8. The zero-order valence-electron chi connectivity index (χ0n) is 16.8. The lowest BCUT2D eigenvalue weighted by molar-refractivity contribution is -0.148. The molecular formula is C21H32N2O4. The van der Waals surface area contributed by atoms with Crippen LogP contribution in [0.3, 0.4) is 0 Å². The number of carbonyl (C=O) groups is 3. The number of rotatable bonds is 11. The summed E-state index contributed by atoms with van der Waals surface area (Å²) in [5.74, 6) is -0.890. The smallest absolute Gasteiger partial charge is 0.328 e. The molecule has 2 N–H and O–H groups in total. The highest BCUT2D eigenvalue weighted by Gasteiger charge is 2.27. The van der Waals surface area contributed by atoms with E-state index in [1.54, 1.807) is 0 Å². The van der Waals surface area contributed by atoms with Crippen LogP contribution in [0.5, 0.6) is 0 Å². The van der Waals surface area contributed by atoms with Gasteiger partial charge in [0.25, 0.3) is 0 Å². The summed E-state index contributed by atoms with van der Waals surface area (Å²) in [4.78, 5) is 36.7. The van der Waals surface area contributed by atoms with Crippen molar-refractivity contribution in [3.05, 3.63) is 35.9 Å². The molecule has 0 spiro atoms. The van der Waals surface area contributed by atoms with Crippen molar-refractivity contribution in [2.75, 3.05) is 6.61 Å². The molecule has 0 aliphatic rings. The third-order valence-electron chi connectivity index (χ3n) is 4.03.